The van der Waals surface area contributed by atoms with Crippen LogP contribution in [-0.4, -0.2) is 40.4 Å². The van der Waals surface area contributed by atoms with Crippen molar-refractivity contribution >= 4 is 0 Å². The fraction of sp³-hybridized carbons (Fsp3) is 0.750. The minimum Gasteiger partial charge on any atom is -0.312 e. The zero-order chi connectivity index (χ0) is 11.5. The van der Waals surface area contributed by atoms with Crippen molar-refractivity contribution in [3.8, 4) is 0 Å². The smallest absolute Gasteiger partial charge is 0.0527 e. The summed E-state index contributed by atoms with van der Waals surface area (Å²) in [7, 11) is 0. The van der Waals surface area contributed by atoms with E-state index >= 15 is 0 Å². The molecule has 4 nitrogen and oxygen atoms in total. The zero-order valence-corrected chi connectivity index (χ0v) is 10.5. The predicted molar refractivity (Wildman–Crippen MR) is 65.4 cm³/mol. The van der Waals surface area contributed by atoms with E-state index < -0.39 is 0 Å². The fourth-order valence-electron chi connectivity index (χ4n) is 2.32. The number of rotatable bonds is 3. The Balaban J connectivity index is 2.00. The van der Waals surface area contributed by atoms with Gasteiger partial charge in [0.25, 0.3) is 0 Å². The molecule has 90 valence electrons. The van der Waals surface area contributed by atoms with E-state index in [0.29, 0.717) is 12.1 Å². The highest BCUT2D eigenvalue weighted by Crippen LogP contribution is 2.11. The van der Waals surface area contributed by atoms with Crippen molar-refractivity contribution in [2.24, 2.45) is 0 Å². The average molecular weight is 222 g/mol. The molecule has 0 amide bonds. The third-order valence-electron chi connectivity index (χ3n) is 3.08. The van der Waals surface area contributed by atoms with Crippen LogP contribution >= 0.6 is 0 Å². The summed E-state index contributed by atoms with van der Waals surface area (Å²) in [5.41, 5.74) is 1.32. The molecular weight excluding hydrogens is 200 g/mol. The van der Waals surface area contributed by atoms with Crippen LogP contribution in [0, 0.1) is 0 Å². The van der Waals surface area contributed by atoms with Gasteiger partial charge >= 0.3 is 0 Å². The topological polar surface area (TPSA) is 33.1 Å². The van der Waals surface area contributed by atoms with E-state index in [2.05, 4.69) is 46.8 Å². The van der Waals surface area contributed by atoms with Gasteiger partial charge in [0, 0.05) is 44.5 Å². The van der Waals surface area contributed by atoms with Gasteiger partial charge in [-0.25, -0.2) is 0 Å². The molecule has 1 aromatic rings. The second kappa shape index (κ2) is 4.97. The van der Waals surface area contributed by atoms with Crippen molar-refractivity contribution < 1.29 is 0 Å². The van der Waals surface area contributed by atoms with Gasteiger partial charge in [0.1, 0.15) is 0 Å². The summed E-state index contributed by atoms with van der Waals surface area (Å²) in [4.78, 5) is 2.50. The van der Waals surface area contributed by atoms with Crippen LogP contribution in [0.4, 0.5) is 0 Å². The molecule has 1 fully saturated rings. The second-order valence-corrected chi connectivity index (χ2v) is 4.95. The molecule has 0 aliphatic carbocycles. The lowest BCUT2D eigenvalue weighted by Crippen LogP contribution is -2.48. The molecule has 2 heterocycles. The van der Waals surface area contributed by atoms with E-state index in [0.717, 1.165) is 26.2 Å². The molecule has 1 atom stereocenters. The molecule has 1 aromatic heterocycles. The number of nitrogens with one attached hydrogen (secondary N) is 1. The first-order chi connectivity index (χ1) is 7.66. The Morgan fingerprint density at radius 1 is 1.56 bits per heavy atom. The van der Waals surface area contributed by atoms with Gasteiger partial charge < -0.3 is 5.32 Å². The molecule has 0 aromatic carbocycles. The van der Waals surface area contributed by atoms with Gasteiger partial charge in [0.05, 0.1) is 5.69 Å². The predicted octanol–water partition coefficient (Wildman–Crippen LogP) is 1.26. The zero-order valence-electron chi connectivity index (χ0n) is 10.5. The first kappa shape index (κ1) is 11.6. The Labute approximate surface area is 97.6 Å². The fourth-order valence-corrected chi connectivity index (χ4v) is 2.32. The first-order valence-corrected chi connectivity index (χ1v) is 6.15. The monoisotopic (exact) mass is 222 g/mol. The van der Waals surface area contributed by atoms with E-state index in [1.54, 1.807) is 0 Å². The summed E-state index contributed by atoms with van der Waals surface area (Å²) in [5.74, 6) is 0. The summed E-state index contributed by atoms with van der Waals surface area (Å²) in [6.07, 6.45) is 1.90. The highest BCUT2D eigenvalue weighted by molar-refractivity contribution is 5.02. The van der Waals surface area contributed by atoms with Crippen LogP contribution in [0.25, 0.3) is 0 Å². The van der Waals surface area contributed by atoms with Crippen LogP contribution in [0.3, 0.4) is 0 Å². The van der Waals surface area contributed by atoms with Crippen LogP contribution in [0.5, 0.6) is 0 Å². The van der Waals surface area contributed by atoms with E-state index in [-0.39, 0.29) is 0 Å². The van der Waals surface area contributed by atoms with Crippen LogP contribution in [0.1, 0.15) is 32.5 Å². The Bertz CT molecular complexity index is 332. The van der Waals surface area contributed by atoms with Gasteiger partial charge in [0.15, 0.2) is 0 Å². The molecule has 0 spiro atoms. The lowest BCUT2D eigenvalue weighted by molar-refractivity contribution is 0.193. The van der Waals surface area contributed by atoms with E-state index in [4.69, 9.17) is 0 Å². The van der Waals surface area contributed by atoms with Gasteiger partial charge in [-0.1, -0.05) is 0 Å². The minimum atomic E-state index is 0.449. The normalized spacial score (nSPS) is 22.9. The maximum atomic E-state index is 4.37. The highest BCUT2D eigenvalue weighted by Gasteiger charge is 2.17. The van der Waals surface area contributed by atoms with Gasteiger partial charge in [-0.15, -0.1) is 0 Å². The Kier molecular flexibility index (Phi) is 3.61. The summed E-state index contributed by atoms with van der Waals surface area (Å²) >= 11 is 0. The van der Waals surface area contributed by atoms with Crippen LogP contribution in [-0.2, 0) is 6.54 Å². The molecule has 16 heavy (non-hydrogen) atoms. The summed E-state index contributed by atoms with van der Waals surface area (Å²) in [5, 5.41) is 7.84. The third kappa shape index (κ3) is 2.62. The largest absolute Gasteiger partial charge is 0.312 e. The van der Waals surface area contributed by atoms with Crippen molar-refractivity contribution in [2.75, 3.05) is 19.6 Å². The molecule has 0 radical (unpaired) electrons. The molecule has 1 unspecified atom stereocenters. The van der Waals surface area contributed by atoms with Crippen LogP contribution in [0.2, 0.25) is 0 Å². The maximum Gasteiger partial charge on any atom is 0.0527 e. The van der Waals surface area contributed by atoms with Gasteiger partial charge in [-0.3, -0.25) is 9.58 Å². The van der Waals surface area contributed by atoms with E-state index in [1.807, 2.05) is 6.20 Å². The molecule has 0 bridgehead atoms. The lowest BCUT2D eigenvalue weighted by Gasteiger charge is -2.32. The van der Waals surface area contributed by atoms with Crippen molar-refractivity contribution in [2.45, 2.75) is 39.4 Å². The summed E-state index contributed by atoms with van der Waals surface area (Å²) in [6, 6.07) is 3.18. The molecule has 1 aliphatic heterocycles. The number of aromatic nitrogens is 2. The van der Waals surface area contributed by atoms with Crippen molar-refractivity contribution in [1.82, 2.24) is 20.0 Å². The van der Waals surface area contributed by atoms with Crippen molar-refractivity contribution in [1.29, 1.82) is 0 Å². The molecule has 1 aliphatic rings. The van der Waals surface area contributed by atoms with Crippen LogP contribution < -0.4 is 5.32 Å². The van der Waals surface area contributed by atoms with Crippen molar-refractivity contribution in [3.05, 3.63) is 18.0 Å². The molecule has 1 N–H and O–H groups in total. The highest BCUT2D eigenvalue weighted by atomic mass is 15.3. The third-order valence-corrected chi connectivity index (χ3v) is 3.08. The Morgan fingerprint density at radius 3 is 3.06 bits per heavy atom. The molecule has 0 saturated carbocycles. The maximum absolute atomic E-state index is 4.37. The van der Waals surface area contributed by atoms with Crippen LogP contribution in [0.15, 0.2) is 12.3 Å². The SMILES string of the molecule is CC1CN(Cc2ccnn2C(C)C)CCN1. The number of piperazine rings is 1. The van der Waals surface area contributed by atoms with Gasteiger partial charge in [0.2, 0.25) is 0 Å². The molecular formula is C12H22N4. The minimum absolute atomic E-state index is 0.449. The summed E-state index contributed by atoms with van der Waals surface area (Å²) < 4.78 is 2.12. The number of nitrogens with zero attached hydrogens (tertiary/aromatic N) is 3. The number of hydrogen-bond acceptors (Lipinski definition) is 3. The van der Waals surface area contributed by atoms with Gasteiger partial charge in [-0.2, -0.15) is 5.10 Å². The average Bonchev–Trinajstić information content (AvgIpc) is 2.66. The molecule has 1 saturated heterocycles. The Hall–Kier alpha value is -0.870. The van der Waals surface area contributed by atoms with E-state index in [1.165, 1.54) is 5.69 Å². The standard InChI is InChI=1S/C12H22N4/c1-10(2)16-12(4-5-14-16)9-15-7-6-13-11(3)8-15/h4-5,10-11,13H,6-9H2,1-3H3. The lowest BCUT2D eigenvalue weighted by atomic mass is 10.2. The van der Waals surface area contributed by atoms with Gasteiger partial charge in [-0.05, 0) is 26.8 Å². The summed E-state index contributed by atoms with van der Waals surface area (Å²) in [6.45, 7) is 11.0. The van der Waals surface area contributed by atoms with E-state index in [9.17, 15) is 0 Å². The molecule has 2 rings (SSSR count). The number of hydrogen-bond donors (Lipinski definition) is 1. The molecule has 4 heteroatoms. The Morgan fingerprint density at radius 2 is 2.38 bits per heavy atom. The first-order valence-electron chi connectivity index (χ1n) is 6.15. The van der Waals surface area contributed by atoms with Crippen molar-refractivity contribution in [3.63, 3.8) is 0 Å². The quantitative estimate of drug-likeness (QED) is 0.836. The second-order valence-electron chi connectivity index (χ2n) is 4.95.